The van der Waals surface area contributed by atoms with Gasteiger partial charge in [0.05, 0.1) is 6.04 Å². The Kier molecular flexibility index (Phi) is 4.99. The summed E-state index contributed by atoms with van der Waals surface area (Å²) in [6, 6.07) is 13.2. The van der Waals surface area contributed by atoms with Crippen LogP contribution in [0, 0.1) is 11.3 Å². The molecule has 5 rings (SSSR count). The number of piperidine rings is 1. The van der Waals surface area contributed by atoms with Crippen molar-refractivity contribution in [1.29, 1.82) is 0 Å². The van der Waals surface area contributed by atoms with Crippen LogP contribution in [0.1, 0.15) is 41.3 Å². The fraction of sp³-hybridized carbons (Fsp3) is 0.522. The molecule has 2 aromatic rings. The average Bonchev–Trinajstić information content (AvgIpc) is 3.21. The maximum Gasteiger partial charge on any atom is 0.223 e. The van der Waals surface area contributed by atoms with Gasteiger partial charge in [-0.3, -0.25) is 9.69 Å². The van der Waals surface area contributed by atoms with Crippen LogP contribution in [0.15, 0.2) is 41.8 Å². The van der Waals surface area contributed by atoms with Crippen molar-refractivity contribution < 1.29 is 4.79 Å². The van der Waals surface area contributed by atoms with Crippen molar-refractivity contribution in [2.75, 3.05) is 26.2 Å². The number of nitrogens with zero attached hydrogens (tertiary/aromatic N) is 1. The molecule has 148 valence electrons. The molecule has 2 unspecified atom stereocenters. The molecule has 1 amide bonds. The van der Waals surface area contributed by atoms with Crippen molar-refractivity contribution in [2.24, 2.45) is 11.3 Å². The number of carbonyl (C=O) groups is 1. The van der Waals surface area contributed by atoms with Crippen LogP contribution in [0.3, 0.4) is 0 Å². The van der Waals surface area contributed by atoms with Crippen LogP contribution in [-0.4, -0.2) is 37.0 Å². The summed E-state index contributed by atoms with van der Waals surface area (Å²) in [7, 11) is 0. The van der Waals surface area contributed by atoms with Crippen molar-refractivity contribution in [1.82, 2.24) is 15.5 Å². The highest BCUT2D eigenvalue weighted by Crippen LogP contribution is 2.58. The van der Waals surface area contributed by atoms with E-state index in [-0.39, 0.29) is 17.9 Å². The number of hydrogen-bond donors (Lipinski definition) is 2. The predicted molar refractivity (Wildman–Crippen MR) is 113 cm³/mol. The lowest BCUT2D eigenvalue weighted by Gasteiger charge is -2.35. The molecule has 1 aromatic carbocycles. The van der Waals surface area contributed by atoms with Crippen molar-refractivity contribution in [3.63, 3.8) is 0 Å². The molecule has 1 saturated heterocycles. The molecule has 5 heteroatoms. The topological polar surface area (TPSA) is 44.4 Å². The third kappa shape index (κ3) is 3.51. The Labute approximate surface area is 171 Å². The third-order valence-corrected chi connectivity index (χ3v) is 8.06. The first-order valence-electron chi connectivity index (χ1n) is 10.6. The highest BCUT2D eigenvalue weighted by atomic mass is 32.1. The van der Waals surface area contributed by atoms with E-state index in [0.717, 1.165) is 51.9 Å². The quantitative estimate of drug-likeness (QED) is 0.816. The number of hydrogen-bond acceptors (Lipinski definition) is 4. The van der Waals surface area contributed by atoms with E-state index < -0.39 is 0 Å². The minimum atomic E-state index is 0.232. The SMILES string of the molecule is O=C(NCC(c1ccccc1)N1CCc2sccc2C1)C1CC12CCNCC2. The van der Waals surface area contributed by atoms with Crippen LogP contribution in [0.2, 0.25) is 0 Å². The molecule has 2 fully saturated rings. The van der Waals surface area contributed by atoms with Gasteiger partial charge in [-0.25, -0.2) is 0 Å². The van der Waals surface area contributed by atoms with E-state index in [2.05, 4.69) is 57.3 Å². The van der Waals surface area contributed by atoms with Gasteiger partial charge in [0, 0.05) is 30.4 Å². The van der Waals surface area contributed by atoms with Crippen LogP contribution in [0.5, 0.6) is 0 Å². The molecular weight excluding hydrogens is 366 g/mol. The first-order valence-corrected chi connectivity index (χ1v) is 11.5. The van der Waals surface area contributed by atoms with Crippen LogP contribution < -0.4 is 10.6 Å². The van der Waals surface area contributed by atoms with Crippen LogP contribution in [0.4, 0.5) is 0 Å². The standard InChI is InChI=1S/C23H29N3OS/c27-22(19-14-23(19)8-10-24-11-9-23)25-15-20(17-4-2-1-3-5-17)26-12-6-21-18(16-26)7-13-28-21/h1-5,7,13,19-20,24H,6,8-12,14-16H2,(H,25,27). The minimum absolute atomic E-state index is 0.232. The Hall–Kier alpha value is -1.69. The van der Waals surface area contributed by atoms with Crippen LogP contribution in [0.25, 0.3) is 0 Å². The third-order valence-electron chi connectivity index (χ3n) is 7.04. The second kappa shape index (κ2) is 7.62. The van der Waals surface area contributed by atoms with Crippen LogP contribution >= 0.6 is 11.3 Å². The summed E-state index contributed by atoms with van der Waals surface area (Å²) < 4.78 is 0. The van der Waals surface area contributed by atoms with Gasteiger partial charge in [0.1, 0.15) is 0 Å². The maximum atomic E-state index is 12.9. The van der Waals surface area contributed by atoms with Gasteiger partial charge in [-0.2, -0.15) is 0 Å². The summed E-state index contributed by atoms with van der Waals surface area (Å²) in [5.41, 5.74) is 3.06. The molecule has 2 N–H and O–H groups in total. The molecule has 1 saturated carbocycles. The van der Waals surface area contributed by atoms with Gasteiger partial charge in [-0.15, -0.1) is 11.3 Å². The zero-order valence-electron chi connectivity index (χ0n) is 16.3. The highest BCUT2D eigenvalue weighted by Gasteiger charge is 2.57. The molecule has 3 aliphatic rings. The van der Waals surface area contributed by atoms with Gasteiger partial charge in [-0.05, 0) is 66.8 Å². The van der Waals surface area contributed by atoms with Crippen molar-refractivity contribution in [3.05, 3.63) is 57.8 Å². The molecule has 3 heterocycles. The molecule has 1 aromatic heterocycles. The van der Waals surface area contributed by atoms with Crippen molar-refractivity contribution >= 4 is 17.2 Å². The van der Waals surface area contributed by atoms with E-state index in [1.165, 1.54) is 16.0 Å². The Morgan fingerprint density at radius 1 is 1.25 bits per heavy atom. The predicted octanol–water partition coefficient (Wildman–Crippen LogP) is 3.35. The highest BCUT2D eigenvalue weighted by molar-refractivity contribution is 7.10. The number of carbonyl (C=O) groups excluding carboxylic acids is 1. The summed E-state index contributed by atoms with van der Waals surface area (Å²) in [6.07, 6.45) is 4.50. The molecule has 2 atom stereocenters. The summed E-state index contributed by atoms with van der Waals surface area (Å²) in [4.78, 5) is 17.0. The number of fused-ring (bicyclic) bond motifs is 1. The van der Waals surface area contributed by atoms with Gasteiger partial charge < -0.3 is 10.6 Å². The van der Waals surface area contributed by atoms with Crippen LogP contribution in [-0.2, 0) is 17.8 Å². The molecule has 28 heavy (non-hydrogen) atoms. The maximum absolute atomic E-state index is 12.9. The Bertz CT molecular complexity index is 827. The zero-order chi connectivity index (χ0) is 19.0. The van der Waals surface area contributed by atoms with Gasteiger partial charge in [0.25, 0.3) is 0 Å². The molecule has 1 spiro atoms. The summed E-state index contributed by atoms with van der Waals surface area (Å²) in [5, 5.41) is 8.96. The molecule has 1 aliphatic carbocycles. The largest absolute Gasteiger partial charge is 0.354 e. The van der Waals surface area contributed by atoms with Gasteiger partial charge in [0.2, 0.25) is 5.91 Å². The fourth-order valence-corrected chi connectivity index (χ4v) is 6.08. The van der Waals surface area contributed by atoms with E-state index in [9.17, 15) is 4.79 Å². The second-order valence-electron chi connectivity index (χ2n) is 8.63. The lowest BCUT2D eigenvalue weighted by Crippen LogP contribution is -2.41. The number of benzene rings is 1. The van der Waals surface area contributed by atoms with Gasteiger partial charge >= 0.3 is 0 Å². The second-order valence-corrected chi connectivity index (χ2v) is 9.63. The number of thiophene rings is 1. The Balaban J connectivity index is 1.27. The van der Waals surface area contributed by atoms with E-state index in [4.69, 9.17) is 0 Å². The van der Waals surface area contributed by atoms with E-state index in [1.54, 1.807) is 0 Å². The lowest BCUT2D eigenvalue weighted by atomic mass is 9.91. The molecule has 2 aliphatic heterocycles. The lowest BCUT2D eigenvalue weighted by molar-refractivity contribution is -0.123. The average molecular weight is 396 g/mol. The Morgan fingerprint density at radius 2 is 2.07 bits per heavy atom. The summed E-state index contributed by atoms with van der Waals surface area (Å²) in [6.45, 7) is 4.86. The number of amides is 1. The first kappa shape index (κ1) is 18.3. The monoisotopic (exact) mass is 395 g/mol. The molecule has 0 bridgehead atoms. The number of rotatable bonds is 5. The fourth-order valence-electron chi connectivity index (χ4n) is 5.19. The van der Waals surface area contributed by atoms with E-state index in [1.807, 2.05) is 11.3 Å². The smallest absolute Gasteiger partial charge is 0.223 e. The van der Waals surface area contributed by atoms with E-state index in [0.29, 0.717) is 12.0 Å². The normalized spacial score (nSPS) is 24.5. The van der Waals surface area contributed by atoms with Crippen molar-refractivity contribution in [3.8, 4) is 0 Å². The minimum Gasteiger partial charge on any atom is -0.354 e. The summed E-state index contributed by atoms with van der Waals surface area (Å²) in [5.74, 6) is 0.506. The molecule has 4 nitrogen and oxygen atoms in total. The zero-order valence-corrected chi connectivity index (χ0v) is 17.1. The number of nitrogens with one attached hydrogen (secondary N) is 2. The first-order chi connectivity index (χ1) is 13.8. The Morgan fingerprint density at radius 3 is 2.89 bits per heavy atom. The summed E-state index contributed by atoms with van der Waals surface area (Å²) >= 11 is 1.88. The molecular formula is C23H29N3OS. The van der Waals surface area contributed by atoms with Crippen molar-refractivity contribution in [2.45, 2.75) is 38.3 Å². The van der Waals surface area contributed by atoms with Gasteiger partial charge in [0.15, 0.2) is 0 Å². The van der Waals surface area contributed by atoms with Gasteiger partial charge in [-0.1, -0.05) is 30.3 Å². The molecule has 0 radical (unpaired) electrons. The van der Waals surface area contributed by atoms with E-state index >= 15 is 0 Å².